The van der Waals surface area contributed by atoms with Crippen molar-refractivity contribution >= 4 is 5.78 Å². The summed E-state index contributed by atoms with van der Waals surface area (Å²) in [5.74, 6) is -0.0124. The van der Waals surface area contributed by atoms with Crippen LogP contribution in [0.25, 0.3) is 0 Å². The van der Waals surface area contributed by atoms with Gasteiger partial charge in [0.25, 0.3) is 0 Å². The second-order valence-corrected chi connectivity index (χ2v) is 3.91. The van der Waals surface area contributed by atoms with Crippen molar-refractivity contribution in [2.24, 2.45) is 0 Å². The molecule has 0 amide bonds. The Kier molecular flexibility index (Phi) is 6.40. The minimum Gasteiger partial charge on any atom is -0.306 e. The van der Waals surface area contributed by atoms with Crippen LogP contribution in [0, 0.1) is 0 Å². The zero-order valence-corrected chi connectivity index (χ0v) is 9.66. The van der Waals surface area contributed by atoms with Gasteiger partial charge in [-0.1, -0.05) is 30.3 Å². The van der Waals surface area contributed by atoms with E-state index in [-0.39, 0.29) is 31.6 Å². The second-order valence-electron chi connectivity index (χ2n) is 3.91. The van der Waals surface area contributed by atoms with E-state index in [4.69, 9.17) is 0 Å². The predicted octanol–water partition coefficient (Wildman–Crippen LogP) is 2.78. The van der Waals surface area contributed by atoms with E-state index in [0.29, 0.717) is 6.54 Å². The topological polar surface area (TPSA) is 29.1 Å². The van der Waals surface area contributed by atoms with Crippen molar-refractivity contribution in [3.8, 4) is 0 Å². The SMILES string of the molecule is O=C(CCCC(F)F)CNCc1ccccc1. The highest BCUT2D eigenvalue weighted by atomic mass is 19.3. The predicted molar refractivity (Wildman–Crippen MR) is 63.0 cm³/mol. The van der Waals surface area contributed by atoms with Crippen LogP contribution in [-0.2, 0) is 11.3 Å². The molecular formula is C13H17F2NO. The lowest BCUT2D eigenvalue weighted by atomic mass is 10.1. The normalized spacial score (nSPS) is 10.8. The Labute approximate surface area is 100 Å². The Bertz CT molecular complexity index is 327. The van der Waals surface area contributed by atoms with Crippen LogP contribution in [0.1, 0.15) is 24.8 Å². The summed E-state index contributed by atoms with van der Waals surface area (Å²) in [5.41, 5.74) is 1.10. The molecule has 1 aromatic rings. The van der Waals surface area contributed by atoms with Gasteiger partial charge >= 0.3 is 0 Å². The van der Waals surface area contributed by atoms with E-state index >= 15 is 0 Å². The molecule has 1 N–H and O–H groups in total. The van der Waals surface area contributed by atoms with E-state index < -0.39 is 6.43 Å². The lowest BCUT2D eigenvalue weighted by molar-refractivity contribution is -0.118. The summed E-state index contributed by atoms with van der Waals surface area (Å²) in [4.78, 5) is 11.3. The summed E-state index contributed by atoms with van der Waals surface area (Å²) in [5, 5.41) is 3.00. The van der Waals surface area contributed by atoms with Crippen LogP contribution in [0.3, 0.4) is 0 Å². The van der Waals surface area contributed by atoms with Gasteiger partial charge in [-0.25, -0.2) is 8.78 Å². The molecule has 17 heavy (non-hydrogen) atoms. The molecule has 1 rings (SSSR count). The zero-order chi connectivity index (χ0) is 12.5. The number of nitrogens with one attached hydrogen (secondary N) is 1. The third-order valence-electron chi connectivity index (χ3n) is 2.37. The molecule has 0 atom stereocenters. The van der Waals surface area contributed by atoms with Gasteiger partial charge in [0.2, 0.25) is 6.43 Å². The van der Waals surface area contributed by atoms with Crippen LogP contribution < -0.4 is 5.32 Å². The van der Waals surface area contributed by atoms with Gasteiger partial charge in [0.1, 0.15) is 5.78 Å². The van der Waals surface area contributed by atoms with Gasteiger partial charge in [-0.2, -0.15) is 0 Å². The standard InChI is InChI=1S/C13H17F2NO/c14-13(15)8-4-7-12(17)10-16-9-11-5-2-1-3-6-11/h1-3,5-6,13,16H,4,7-10H2. The molecule has 0 radical (unpaired) electrons. The highest BCUT2D eigenvalue weighted by Crippen LogP contribution is 2.05. The maximum atomic E-state index is 11.8. The Morgan fingerprint density at radius 1 is 1.24 bits per heavy atom. The van der Waals surface area contributed by atoms with Gasteiger partial charge < -0.3 is 5.32 Å². The number of carbonyl (C=O) groups excluding carboxylic acids is 1. The lowest BCUT2D eigenvalue weighted by Gasteiger charge is -2.04. The fraction of sp³-hybridized carbons (Fsp3) is 0.462. The number of carbonyl (C=O) groups is 1. The number of benzene rings is 1. The molecule has 1 aromatic carbocycles. The minimum absolute atomic E-state index is 0.0124. The summed E-state index contributed by atoms with van der Waals surface area (Å²) >= 11 is 0. The molecule has 0 bridgehead atoms. The largest absolute Gasteiger partial charge is 0.306 e. The molecule has 0 aromatic heterocycles. The van der Waals surface area contributed by atoms with E-state index in [1.165, 1.54) is 0 Å². The van der Waals surface area contributed by atoms with Gasteiger partial charge in [0.15, 0.2) is 0 Å². The van der Waals surface area contributed by atoms with Crippen molar-refractivity contribution in [3.63, 3.8) is 0 Å². The van der Waals surface area contributed by atoms with E-state index in [0.717, 1.165) is 5.56 Å². The van der Waals surface area contributed by atoms with Crippen molar-refractivity contribution in [2.75, 3.05) is 6.54 Å². The first kappa shape index (κ1) is 13.8. The molecule has 0 saturated heterocycles. The summed E-state index contributed by atoms with van der Waals surface area (Å²) in [6, 6.07) is 9.73. The molecule has 0 aliphatic carbocycles. The average Bonchev–Trinajstić information content (AvgIpc) is 2.30. The van der Waals surface area contributed by atoms with Crippen molar-refractivity contribution in [1.82, 2.24) is 5.32 Å². The number of halogens is 2. The third-order valence-corrected chi connectivity index (χ3v) is 2.37. The van der Waals surface area contributed by atoms with Gasteiger partial charge in [0.05, 0.1) is 6.54 Å². The monoisotopic (exact) mass is 241 g/mol. The summed E-state index contributed by atoms with van der Waals surface area (Å²) in [6.07, 6.45) is -2.00. The van der Waals surface area contributed by atoms with Crippen molar-refractivity contribution in [2.45, 2.75) is 32.2 Å². The fourth-order valence-electron chi connectivity index (χ4n) is 1.48. The first-order chi connectivity index (χ1) is 8.18. The molecule has 0 saturated carbocycles. The average molecular weight is 241 g/mol. The zero-order valence-electron chi connectivity index (χ0n) is 9.66. The Morgan fingerprint density at radius 2 is 1.94 bits per heavy atom. The molecule has 0 heterocycles. The van der Waals surface area contributed by atoms with Gasteiger partial charge in [-0.15, -0.1) is 0 Å². The number of rotatable bonds is 8. The summed E-state index contributed by atoms with van der Waals surface area (Å²) in [6.45, 7) is 0.875. The maximum Gasteiger partial charge on any atom is 0.238 e. The molecule has 0 spiro atoms. The Balaban J connectivity index is 2.08. The molecule has 0 unspecified atom stereocenters. The van der Waals surface area contributed by atoms with Gasteiger partial charge in [0, 0.05) is 19.4 Å². The molecule has 0 fully saturated rings. The van der Waals surface area contributed by atoms with Crippen LogP contribution >= 0.6 is 0 Å². The Hall–Kier alpha value is -1.29. The van der Waals surface area contributed by atoms with Crippen molar-refractivity contribution < 1.29 is 13.6 Å². The lowest BCUT2D eigenvalue weighted by Crippen LogP contribution is -2.22. The first-order valence-electron chi connectivity index (χ1n) is 5.73. The number of hydrogen-bond acceptors (Lipinski definition) is 2. The second kappa shape index (κ2) is 7.90. The number of hydrogen-bond donors (Lipinski definition) is 1. The van der Waals surface area contributed by atoms with Gasteiger partial charge in [-0.3, -0.25) is 4.79 Å². The maximum absolute atomic E-state index is 11.8. The van der Waals surface area contributed by atoms with Crippen LogP contribution in [-0.4, -0.2) is 18.8 Å². The smallest absolute Gasteiger partial charge is 0.238 e. The summed E-state index contributed by atoms with van der Waals surface area (Å²) in [7, 11) is 0. The molecule has 2 nitrogen and oxygen atoms in total. The minimum atomic E-state index is -2.31. The number of alkyl halides is 2. The highest BCUT2D eigenvalue weighted by molar-refractivity contribution is 5.80. The van der Waals surface area contributed by atoms with Crippen molar-refractivity contribution in [3.05, 3.63) is 35.9 Å². The molecule has 4 heteroatoms. The van der Waals surface area contributed by atoms with Crippen LogP contribution in [0.2, 0.25) is 0 Å². The van der Waals surface area contributed by atoms with Crippen LogP contribution in [0.15, 0.2) is 30.3 Å². The molecule has 94 valence electrons. The molecule has 0 aliphatic rings. The molecule has 0 aliphatic heterocycles. The van der Waals surface area contributed by atoms with Crippen LogP contribution in [0.5, 0.6) is 0 Å². The molecular weight excluding hydrogens is 224 g/mol. The summed E-state index contributed by atoms with van der Waals surface area (Å²) < 4.78 is 23.7. The third kappa shape index (κ3) is 6.79. The number of Topliss-reactive ketones (excluding diaryl/α,β-unsaturated/α-hetero) is 1. The highest BCUT2D eigenvalue weighted by Gasteiger charge is 2.05. The van der Waals surface area contributed by atoms with Crippen LogP contribution in [0.4, 0.5) is 8.78 Å². The van der Waals surface area contributed by atoms with E-state index in [1.54, 1.807) is 0 Å². The fourth-order valence-corrected chi connectivity index (χ4v) is 1.48. The van der Waals surface area contributed by atoms with Crippen molar-refractivity contribution in [1.29, 1.82) is 0 Å². The van der Waals surface area contributed by atoms with E-state index in [2.05, 4.69) is 5.32 Å². The number of ketones is 1. The Morgan fingerprint density at radius 3 is 2.59 bits per heavy atom. The van der Waals surface area contributed by atoms with E-state index in [9.17, 15) is 13.6 Å². The first-order valence-corrected chi connectivity index (χ1v) is 5.73. The van der Waals surface area contributed by atoms with E-state index in [1.807, 2.05) is 30.3 Å². The van der Waals surface area contributed by atoms with Gasteiger partial charge in [-0.05, 0) is 12.0 Å². The quantitative estimate of drug-likeness (QED) is 0.758.